The average molecular weight is 661 g/mol. The fraction of sp³-hybridized carbons (Fsp3) is 0.488. The van der Waals surface area contributed by atoms with Gasteiger partial charge in [-0.25, -0.2) is 4.79 Å². The number of carbonyl (C=O) groups is 3. The van der Waals surface area contributed by atoms with E-state index in [1.54, 1.807) is 0 Å². The number of methoxy groups -OCH3 is 1. The quantitative estimate of drug-likeness (QED) is 0.0657. The monoisotopic (exact) mass is 660 g/mol. The Hall–Kier alpha value is -4.13. The highest BCUT2D eigenvalue weighted by atomic mass is 16.5. The smallest absolute Gasteiger partial charge is 0.330 e. The van der Waals surface area contributed by atoms with Gasteiger partial charge >= 0.3 is 5.97 Å². The van der Waals surface area contributed by atoms with Crippen LogP contribution in [0.1, 0.15) is 96.1 Å². The van der Waals surface area contributed by atoms with E-state index in [0.717, 1.165) is 55.4 Å². The molecule has 1 atom stereocenters. The van der Waals surface area contributed by atoms with Crippen molar-refractivity contribution in [2.75, 3.05) is 20.3 Å². The Kier molecular flexibility index (Phi) is 22.6. The van der Waals surface area contributed by atoms with E-state index in [9.17, 15) is 14.4 Å². The van der Waals surface area contributed by atoms with Crippen LogP contribution in [0.3, 0.4) is 0 Å². The van der Waals surface area contributed by atoms with E-state index < -0.39 is 17.4 Å². The Morgan fingerprint density at radius 3 is 1.90 bits per heavy atom. The van der Waals surface area contributed by atoms with Crippen LogP contribution in [0.4, 0.5) is 0 Å². The highest BCUT2D eigenvalue weighted by Gasteiger charge is 2.29. The van der Waals surface area contributed by atoms with Gasteiger partial charge in [0.05, 0.1) is 13.7 Å². The van der Waals surface area contributed by atoms with Crippen molar-refractivity contribution in [1.82, 2.24) is 10.6 Å². The largest absolute Gasteiger partial charge is 0.493 e. The highest BCUT2D eigenvalue weighted by Crippen LogP contribution is 2.24. The van der Waals surface area contributed by atoms with E-state index in [4.69, 9.17) is 9.47 Å². The summed E-state index contributed by atoms with van der Waals surface area (Å²) in [5.41, 5.74) is 1.54. The van der Waals surface area contributed by atoms with Gasteiger partial charge in [-0.2, -0.15) is 0 Å². The Bertz CT molecular complexity index is 1270. The molecule has 0 heterocycles. The number of esters is 1. The minimum absolute atomic E-state index is 0.0421. The Morgan fingerprint density at radius 1 is 0.812 bits per heavy atom. The van der Waals surface area contributed by atoms with E-state index in [1.807, 2.05) is 58.0 Å². The van der Waals surface area contributed by atoms with Gasteiger partial charge in [-0.1, -0.05) is 106 Å². The Balaban J connectivity index is 2.30. The van der Waals surface area contributed by atoms with Gasteiger partial charge < -0.3 is 20.1 Å². The number of carbonyl (C=O) groups excluding carboxylic acids is 3. The highest BCUT2D eigenvalue weighted by molar-refractivity contribution is 5.86. The standard InChI is InChI=1S/C41H60N2O5/c1-7-8-9-10-11-12-13-14-15-16-17-18-19-20-21-22-23-24-25-27-38(44)43-36(39(45)47-6)33-42-40(46)41(4,5)30-26-31-48-37-32-34(2)28-29-35(37)3/h8-9,11-12,14-15,17-18,20-21,23-24,28-29,32,36H,7,10,13,16,19,22,25-27,30-31,33H2,1-6H3,(H,42,46)(H,43,44)/b9-8-,12-11-,15-14-,18-17-,21-20-,24-23-. The fourth-order valence-corrected chi connectivity index (χ4v) is 4.56. The van der Waals surface area contributed by atoms with Gasteiger partial charge in [-0.05, 0) is 88.8 Å². The maximum Gasteiger partial charge on any atom is 0.330 e. The molecule has 1 rings (SSSR count). The zero-order chi connectivity index (χ0) is 35.5. The van der Waals surface area contributed by atoms with Gasteiger partial charge in [0.25, 0.3) is 0 Å². The van der Waals surface area contributed by atoms with Crippen molar-refractivity contribution in [3.63, 3.8) is 0 Å². The number of rotatable bonds is 24. The minimum Gasteiger partial charge on any atom is -0.493 e. The van der Waals surface area contributed by atoms with E-state index in [2.05, 4.69) is 78.3 Å². The lowest BCUT2D eigenvalue weighted by Crippen LogP contribution is -2.50. The third kappa shape index (κ3) is 20.2. The summed E-state index contributed by atoms with van der Waals surface area (Å²) in [6, 6.07) is 5.13. The molecule has 0 aromatic heterocycles. The summed E-state index contributed by atoms with van der Waals surface area (Å²) >= 11 is 0. The summed E-state index contributed by atoms with van der Waals surface area (Å²) in [5, 5.41) is 5.52. The van der Waals surface area contributed by atoms with Crippen molar-refractivity contribution in [3.05, 3.63) is 102 Å². The molecule has 0 radical (unpaired) electrons. The molecule has 7 nitrogen and oxygen atoms in total. The van der Waals surface area contributed by atoms with Crippen LogP contribution in [0.5, 0.6) is 5.75 Å². The fourth-order valence-electron chi connectivity index (χ4n) is 4.56. The molecular formula is C41H60N2O5. The van der Waals surface area contributed by atoms with Crippen LogP contribution in [0, 0.1) is 19.3 Å². The first kappa shape index (κ1) is 41.9. The van der Waals surface area contributed by atoms with Crippen molar-refractivity contribution < 1.29 is 23.9 Å². The predicted octanol–water partition coefficient (Wildman–Crippen LogP) is 8.74. The average Bonchev–Trinajstić information content (AvgIpc) is 3.06. The number of benzene rings is 1. The lowest BCUT2D eigenvalue weighted by Gasteiger charge is -2.25. The van der Waals surface area contributed by atoms with Crippen molar-refractivity contribution in [2.24, 2.45) is 5.41 Å². The van der Waals surface area contributed by atoms with Crippen LogP contribution in [-0.2, 0) is 19.1 Å². The number of nitrogens with one attached hydrogen (secondary N) is 2. The number of amides is 2. The first-order valence-electron chi connectivity index (χ1n) is 17.4. The zero-order valence-electron chi connectivity index (χ0n) is 30.3. The van der Waals surface area contributed by atoms with Crippen molar-refractivity contribution in [2.45, 2.75) is 105 Å². The number of allylic oxidation sites excluding steroid dienone is 12. The molecule has 264 valence electrons. The molecule has 0 bridgehead atoms. The van der Waals surface area contributed by atoms with Crippen molar-refractivity contribution in [3.8, 4) is 5.75 Å². The first-order chi connectivity index (χ1) is 23.1. The van der Waals surface area contributed by atoms with Gasteiger partial charge in [0.1, 0.15) is 11.8 Å². The Morgan fingerprint density at radius 2 is 1.35 bits per heavy atom. The summed E-state index contributed by atoms with van der Waals surface area (Å²) < 4.78 is 10.8. The number of aryl methyl sites for hydroxylation is 2. The van der Waals surface area contributed by atoms with Gasteiger partial charge in [0.15, 0.2) is 0 Å². The zero-order valence-corrected chi connectivity index (χ0v) is 30.3. The summed E-state index contributed by atoms with van der Waals surface area (Å²) in [5.74, 6) is -0.218. The van der Waals surface area contributed by atoms with Gasteiger partial charge in [0.2, 0.25) is 11.8 Å². The molecule has 0 saturated carbocycles. The molecule has 2 amide bonds. The van der Waals surface area contributed by atoms with Crippen molar-refractivity contribution in [1.29, 1.82) is 0 Å². The van der Waals surface area contributed by atoms with Gasteiger partial charge in [0, 0.05) is 18.4 Å². The molecule has 0 aliphatic rings. The molecule has 1 unspecified atom stereocenters. The van der Waals surface area contributed by atoms with E-state index >= 15 is 0 Å². The van der Waals surface area contributed by atoms with Crippen molar-refractivity contribution >= 4 is 17.8 Å². The maximum atomic E-state index is 12.9. The number of hydrogen-bond donors (Lipinski definition) is 2. The van der Waals surface area contributed by atoms with Gasteiger partial charge in [-0.3, -0.25) is 9.59 Å². The predicted molar refractivity (Wildman–Crippen MR) is 199 cm³/mol. The molecule has 7 heteroatoms. The lowest BCUT2D eigenvalue weighted by atomic mass is 9.87. The normalized spacial score (nSPS) is 13.0. The molecule has 0 aliphatic carbocycles. The molecule has 0 spiro atoms. The van der Waals surface area contributed by atoms with Crippen LogP contribution >= 0.6 is 0 Å². The summed E-state index contributed by atoms with van der Waals surface area (Å²) in [4.78, 5) is 37.8. The maximum absolute atomic E-state index is 12.9. The SMILES string of the molecule is CC/C=C\C/C=C\C/C=C\C/C=C\C/C=C\C/C=C\CCC(=O)NC(CNC(=O)C(C)(C)CCCOc1cc(C)ccc1C)C(=O)OC. The molecule has 0 aliphatic heterocycles. The Labute approximate surface area is 290 Å². The molecule has 0 fully saturated rings. The van der Waals surface area contributed by atoms with Crippen LogP contribution < -0.4 is 15.4 Å². The molecule has 2 N–H and O–H groups in total. The topological polar surface area (TPSA) is 93.7 Å². The third-order valence-electron chi connectivity index (χ3n) is 7.58. The van der Waals surface area contributed by atoms with Crippen LogP contribution in [-0.4, -0.2) is 44.1 Å². The molecule has 1 aromatic carbocycles. The minimum atomic E-state index is -0.958. The van der Waals surface area contributed by atoms with E-state index in [-0.39, 0.29) is 24.8 Å². The number of ether oxygens (including phenoxy) is 2. The molecule has 48 heavy (non-hydrogen) atoms. The van der Waals surface area contributed by atoms with Crippen LogP contribution in [0.2, 0.25) is 0 Å². The summed E-state index contributed by atoms with van der Waals surface area (Å²) in [6.07, 6.45) is 33.4. The van der Waals surface area contributed by atoms with Crippen LogP contribution in [0.25, 0.3) is 0 Å². The second kappa shape index (κ2) is 25.9. The first-order valence-corrected chi connectivity index (χ1v) is 17.4. The lowest BCUT2D eigenvalue weighted by molar-refractivity contribution is -0.145. The van der Waals surface area contributed by atoms with Gasteiger partial charge in [-0.15, -0.1) is 0 Å². The summed E-state index contributed by atoms with van der Waals surface area (Å²) in [7, 11) is 1.26. The molecule has 1 aromatic rings. The molecule has 0 saturated heterocycles. The molecular weight excluding hydrogens is 600 g/mol. The van der Waals surface area contributed by atoms with E-state index in [1.165, 1.54) is 7.11 Å². The second-order valence-electron chi connectivity index (χ2n) is 12.4. The van der Waals surface area contributed by atoms with Crippen LogP contribution in [0.15, 0.2) is 91.1 Å². The second-order valence-corrected chi connectivity index (χ2v) is 12.4. The van der Waals surface area contributed by atoms with E-state index in [0.29, 0.717) is 25.9 Å². The number of hydrogen-bond acceptors (Lipinski definition) is 5. The summed E-state index contributed by atoms with van der Waals surface area (Å²) in [6.45, 7) is 10.3. The third-order valence-corrected chi connectivity index (χ3v) is 7.58.